The van der Waals surface area contributed by atoms with Crippen LogP contribution in [0.25, 0.3) is 6.08 Å². The van der Waals surface area contributed by atoms with Crippen LogP contribution in [-0.4, -0.2) is 32.2 Å². The summed E-state index contributed by atoms with van der Waals surface area (Å²) in [5.74, 6) is -0.819. The molecule has 0 radical (unpaired) electrons. The van der Waals surface area contributed by atoms with E-state index in [2.05, 4.69) is 5.32 Å². The number of carbonyl (C=O) groups is 2. The molecule has 0 bridgehead atoms. The third-order valence-electron chi connectivity index (χ3n) is 3.37. The van der Waals surface area contributed by atoms with Crippen LogP contribution in [0, 0.1) is 5.82 Å². The second-order valence-electron chi connectivity index (χ2n) is 5.34. The van der Waals surface area contributed by atoms with Gasteiger partial charge in [-0.05, 0) is 42.8 Å². The molecule has 0 unspecified atom stereocenters. The summed E-state index contributed by atoms with van der Waals surface area (Å²) in [7, 11) is 1.38. The summed E-state index contributed by atoms with van der Waals surface area (Å²) in [4.78, 5) is 23.3. The Morgan fingerprint density at radius 3 is 2.70 bits per heavy atom. The van der Waals surface area contributed by atoms with Gasteiger partial charge in [0.15, 0.2) is 18.2 Å². The van der Waals surface area contributed by atoms with Crippen molar-refractivity contribution in [3.05, 3.63) is 59.9 Å². The number of benzene rings is 2. The Bertz CT molecular complexity index is 835. The van der Waals surface area contributed by atoms with Crippen molar-refractivity contribution in [2.75, 3.05) is 25.6 Å². The van der Waals surface area contributed by atoms with Gasteiger partial charge in [-0.25, -0.2) is 9.18 Å². The molecule has 0 aromatic heterocycles. The first-order valence-electron chi connectivity index (χ1n) is 8.23. The van der Waals surface area contributed by atoms with E-state index in [-0.39, 0.29) is 19.0 Å². The number of carbonyl (C=O) groups excluding carboxylic acids is 2. The third-order valence-corrected chi connectivity index (χ3v) is 3.37. The molecule has 0 saturated carbocycles. The van der Waals surface area contributed by atoms with Crippen LogP contribution in [-0.2, 0) is 14.3 Å². The number of methoxy groups -OCH3 is 1. The minimum atomic E-state index is -0.508. The van der Waals surface area contributed by atoms with Gasteiger partial charge in [0.25, 0.3) is 0 Å². The monoisotopic (exact) mass is 373 g/mol. The van der Waals surface area contributed by atoms with E-state index in [1.807, 2.05) is 0 Å². The second kappa shape index (κ2) is 9.96. The molecule has 142 valence electrons. The van der Waals surface area contributed by atoms with E-state index in [4.69, 9.17) is 14.2 Å². The quantitative estimate of drug-likeness (QED) is 0.567. The molecule has 0 atom stereocenters. The molecule has 0 saturated heterocycles. The smallest absolute Gasteiger partial charge is 0.344 e. The normalized spacial score (nSPS) is 10.5. The van der Waals surface area contributed by atoms with E-state index in [0.717, 1.165) is 0 Å². The summed E-state index contributed by atoms with van der Waals surface area (Å²) in [6.45, 7) is 1.78. The molecule has 0 aliphatic carbocycles. The number of ether oxygens (including phenoxy) is 3. The first-order valence-corrected chi connectivity index (χ1v) is 8.23. The van der Waals surface area contributed by atoms with Crippen LogP contribution in [0.15, 0.2) is 48.5 Å². The predicted octanol–water partition coefficient (Wildman–Crippen LogP) is 3.43. The fraction of sp³-hybridized carbons (Fsp3) is 0.200. The third kappa shape index (κ3) is 6.47. The standard InChI is InChI=1S/C20H20FNO5/c1-3-26-20(24)13-27-16-6-4-5-15(12-16)22-19(23)10-8-14-7-9-18(25-2)17(21)11-14/h4-12H,3,13H2,1-2H3,(H,22,23)/b10-8+. The molecule has 1 N–H and O–H groups in total. The Morgan fingerprint density at radius 1 is 1.19 bits per heavy atom. The van der Waals surface area contributed by atoms with Crippen molar-refractivity contribution in [3.63, 3.8) is 0 Å². The van der Waals surface area contributed by atoms with Crippen molar-refractivity contribution in [2.45, 2.75) is 6.92 Å². The van der Waals surface area contributed by atoms with Gasteiger partial charge in [-0.3, -0.25) is 4.79 Å². The zero-order valence-electron chi connectivity index (χ0n) is 15.0. The lowest BCUT2D eigenvalue weighted by Gasteiger charge is -2.08. The largest absolute Gasteiger partial charge is 0.494 e. The van der Waals surface area contributed by atoms with E-state index in [1.165, 1.54) is 31.4 Å². The zero-order valence-corrected chi connectivity index (χ0v) is 15.0. The van der Waals surface area contributed by atoms with Gasteiger partial charge in [-0.15, -0.1) is 0 Å². The van der Waals surface area contributed by atoms with Crippen LogP contribution in [0.2, 0.25) is 0 Å². The average Bonchev–Trinajstić information content (AvgIpc) is 2.65. The maximum Gasteiger partial charge on any atom is 0.344 e. The van der Waals surface area contributed by atoms with E-state index in [1.54, 1.807) is 37.3 Å². The lowest BCUT2D eigenvalue weighted by Crippen LogP contribution is -2.14. The Hall–Kier alpha value is -3.35. The van der Waals surface area contributed by atoms with Crippen molar-refractivity contribution in [3.8, 4) is 11.5 Å². The van der Waals surface area contributed by atoms with Crippen LogP contribution in [0.3, 0.4) is 0 Å². The SMILES string of the molecule is CCOC(=O)COc1cccc(NC(=O)/C=C/c2ccc(OC)c(F)c2)c1. The first kappa shape index (κ1) is 20.0. The van der Waals surface area contributed by atoms with Gasteiger partial charge in [-0.1, -0.05) is 12.1 Å². The van der Waals surface area contributed by atoms with Crippen molar-refractivity contribution in [1.29, 1.82) is 0 Å². The van der Waals surface area contributed by atoms with Crippen molar-refractivity contribution in [2.24, 2.45) is 0 Å². The summed E-state index contributed by atoms with van der Waals surface area (Å²) in [6.07, 6.45) is 2.77. The molecule has 6 nitrogen and oxygen atoms in total. The molecule has 2 rings (SSSR count). The zero-order chi connectivity index (χ0) is 19.6. The summed E-state index contributed by atoms with van der Waals surface area (Å²) in [6, 6.07) is 11.0. The molecule has 7 heteroatoms. The molecule has 0 fully saturated rings. The van der Waals surface area contributed by atoms with Gasteiger partial charge in [-0.2, -0.15) is 0 Å². The molecular weight excluding hydrogens is 353 g/mol. The van der Waals surface area contributed by atoms with Gasteiger partial charge in [0.1, 0.15) is 5.75 Å². The lowest BCUT2D eigenvalue weighted by molar-refractivity contribution is -0.145. The maximum atomic E-state index is 13.6. The minimum absolute atomic E-state index is 0.135. The first-order chi connectivity index (χ1) is 13.0. The van der Waals surface area contributed by atoms with Gasteiger partial charge in [0.05, 0.1) is 13.7 Å². The molecule has 2 aromatic carbocycles. The molecule has 0 heterocycles. The molecule has 0 aliphatic heterocycles. The van der Waals surface area contributed by atoms with E-state index in [9.17, 15) is 14.0 Å². The van der Waals surface area contributed by atoms with Gasteiger partial charge < -0.3 is 19.5 Å². The van der Waals surface area contributed by atoms with Crippen LogP contribution in [0.4, 0.5) is 10.1 Å². The number of rotatable bonds is 8. The summed E-state index contributed by atoms with van der Waals surface area (Å²) < 4.78 is 28.6. The Kier molecular flexibility index (Phi) is 7.37. The average molecular weight is 373 g/mol. The Labute approximate surface area is 156 Å². The number of amides is 1. The fourth-order valence-corrected chi connectivity index (χ4v) is 2.15. The Balaban J connectivity index is 1.94. The van der Waals surface area contributed by atoms with Crippen LogP contribution in [0.5, 0.6) is 11.5 Å². The van der Waals surface area contributed by atoms with Crippen LogP contribution in [0.1, 0.15) is 12.5 Å². The van der Waals surface area contributed by atoms with Gasteiger partial charge in [0, 0.05) is 17.8 Å². The number of anilines is 1. The highest BCUT2D eigenvalue weighted by Crippen LogP contribution is 2.19. The number of nitrogens with one attached hydrogen (secondary N) is 1. The van der Waals surface area contributed by atoms with Gasteiger partial charge >= 0.3 is 5.97 Å². The molecule has 2 aromatic rings. The van der Waals surface area contributed by atoms with E-state index < -0.39 is 17.7 Å². The summed E-state index contributed by atoms with van der Waals surface area (Å²) in [5.41, 5.74) is 1.02. The molecule has 27 heavy (non-hydrogen) atoms. The van der Waals surface area contributed by atoms with Crippen molar-refractivity contribution < 1.29 is 28.2 Å². The summed E-state index contributed by atoms with van der Waals surface area (Å²) in [5, 5.41) is 2.66. The number of hydrogen-bond acceptors (Lipinski definition) is 5. The molecule has 1 amide bonds. The highest BCUT2D eigenvalue weighted by Gasteiger charge is 2.05. The molecule has 0 spiro atoms. The number of hydrogen-bond donors (Lipinski definition) is 1. The minimum Gasteiger partial charge on any atom is -0.494 e. The maximum absolute atomic E-state index is 13.6. The second-order valence-corrected chi connectivity index (χ2v) is 5.34. The highest BCUT2D eigenvalue weighted by molar-refractivity contribution is 6.02. The molecule has 0 aliphatic rings. The van der Waals surface area contributed by atoms with Crippen LogP contribution >= 0.6 is 0 Å². The van der Waals surface area contributed by atoms with Crippen LogP contribution < -0.4 is 14.8 Å². The van der Waals surface area contributed by atoms with E-state index >= 15 is 0 Å². The topological polar surface area (TPSA) is 73.9 Å². The van der Waals surface area contributed by atoms with E-state index in [0.29, 0.717) is 17.0 Å². The number of halogens is 1. The summed E-state index contributed by atoms with van der Waals surface area (Å²) >= 11 is 0. The van der Waals surface area contributed by atoms with Crippen molar-refractivity contribution in [1.82, 2.24) is 0 Å². The lowest BCUT2D eigenvalue weighted by atomic mass is 10.2. The highest BCUT2D eigenvalue weighted by atomic mass is 19.1. The fourth-order valence-electron chi connectivity index (χ4n) is 2.15. The number of esters is 1. The Morgan fingerprint density at radius 2 is 2.00 bits per heavy atom. The van der Waals surface area contributed by atoms with Gasteiger partial charge in [0.2, 0.25) is 5.91 Å². The predicted molar refractivity (Wildman–Crippen MR) is 99.2 cm³/mol. The van der Waals surface area contributed by atoms with Crippen molar-refractivity contribution >= 4 is 23.6 Å². The molecular formula is C20H20FNO5.